The van der Waals surface area contributed by atoms with E-state index < -0.39 is 0 Å². The summed E-state index contributed by atoms with van der Waals surface area (Å²) in [6.07, 6.45) is 0. The Hall–Kier alpha value is -2.34. The summed E-state index contributed by atoms with van der Waals surface area (Å²) in [4.78, 5) is 6.45. The quantitative estimate of drug-likeness (QED) is 0.804. The van der Waals surface area contributed by atoms with Gasteiger partial charge in [0.25, 0.3) is 0 Å². The second kappa shape index (κ2) is 4.89. The number of rotatable bonds is 2. The van der Waals surface area contributed by atoms with Crippen LogP contribution in [0.15, 0.2) is 36.4 Å². The number of benzene rings is 1. The molecule has 3 nitrogen and oxygen atoms in total. The van der Waals surface area contributed by atoms with Crippen LogP contribution in [0.2, 0.25) is 0 Å². The molecule has 0 atom stereocenters. The lowest BCUT2D eigenvalue weighted by molar-refractivity contribution is 1.08. The monoisotopic (exact) mass is 237 g/mol. The fourth-order valence-corrected chi connectivity index (χ4v) is 1.86. The number of aromatic nitrogens is 1. The fourth-order valence-electron chi connectivity index (χ4n) is 1.86. The zero-order valence-corrected chi connectivity index (χ0v) is 10.8. The van der Waals surface area contributed by atoms with Gasteiger partial charge in [-0.15, -0.1) is 0 Å². The molecule has 0 unspecified atom stereocenters. The summed E-state index contributed by atoms with van der Waals surface area (Å²) in [5, 5.41) is 8.99. The van der Waals surface area contributed by atoms with Crippen LogP contribution in [-0.4, -0.2) is 12.0 Å². The second-order valence-electron chi connectivity index (χ2n) is 4.37. The minimum absolute atomic E-state index is 0.636. The molecule has 18 heavy (non-hydrogen) atoms. The first-order chi connectivity index (χ1) is 8.60. The average molecular weight is 237 g/mol. The van der Waals surface area contributed by atoms with Gasteiger partial charge in [-0.05, 0) is 43.7 Å². The number of nitrogens with zero attached hydrogens (tertiary/aromatic N) is 3. The molecule has 0 amide bonds. The molecule has 2 rings (SSSR count). The van der Waals surface area contributed by atoms with Crippen molar-refractivity contribution in [3.63, 3.8) is 0 Å². The maximum absolute atomic E-state index is 8.99. The molecule has 0 aliphatic rings. The minimum Gasteiger partial charge on any atom is -0.329 e. The SMILES string of the molecule is Cc1cccc(N(C)c2cc(C#N)cc(C)n2)c1. The van der Waals surface area contributed by atoms with Crippen molar-refractivity contribution >= 4 is 11.5 Å². The molecule has 1 aromatic carbocycles. The number of aryl methyl sites for hydroxylation is 2. The molecule has 1 heterocycles. The van der Waals surface area contributed by atoms with Gasteiger partial charge in [-0.1, -0.05) is 12.1 Å². The predicted molar refractivity (Wildman–Crippen MR) is 72.9 cm³/mol. The lowest BCUT2D eigenvalue weighted by Crippen LogP contribution is -2.12. The molecule has 1 aromatic heterocycles. The normalized spacial score (nSPS) is 9.89. The summed E-state index contributed by atoms with van der Waals surface area (Å²) in [6.45, 7) is 3.95. The van der Waals surface area contributed by atoms with E-state index in [4.69, 9.17) is 5.26 Å². The molecule has 0 spiro atoms. The van der Waals surface area contributed by atoms with Crippen molar-refractivity contribution in [3.8, 4) is 6.07 Å². The van der Waals surface area contributed by atoms with Gasteiger partial charge in [-0.25, -0.2) is 4.98 Å². The summed E-state index contributed by atoms with van der Waals surface area (Å²) in [5.41, 5.74) is 3.75. The van der Waals surface area contributed by atoms with Crippen molar-refractivity contribution in [2.45, 2.75) is 13.8 Å². The number of nitriles is 1. The van der Waals surface area contributed by atoms with E-state index in [2.05, 4.69) is 30.1 Å². The maximum atomic E-state index is 8.99. The topological polar surface area (TPSA) is 39.9 Å². The van der Waals surface area contributed by atoms with Gasteiger partial charge in [0, 0.05) is 18.4 Å². The minimum atomic E-state index is 0.636. The summed E-state index contributed by atoms with van der Waals surface area (Å²) in [7, 11) is 1.96. The zero-order chi connectivity index (χ0) is 13.1. The lowest BCUT2D eigenvalue weighted by Gasteiger charge is -2.19. The highest BCUT2D eigenvalue weighted by atomic mass is 15.2. The smallest absolute Gasteiger partial charge is 0.134 e. The van der Waals surface area contributed by atoms with Crippen molar-refractivity contribution in [1.29, 1.82) is 5.26 Å². The van der Waals surface area contributed by atoms with E-state index >= 15 is 0 Å². The molecule has 0 radical (unpaired) electrons. The van der Waals surface area contributed by atoms with E-state index in [9.17, 15) is 0 Å². The third kappa shape index (κ3) is 2.49. The summed E-state index contributed by atoms with van der Waals surface area (Å²) < 4.78 is 0. The van der Waals surface area contributed by atoms with Gasteiger partial charge in [0.2, 0.25) is 0 Å². The average Bonchev–Trinajstić information content (AvgIpc) is 2.37. The van der Waals surface area contributed by atoms with Gasteiger partial charge in [-0.3, -0.25) is 0 Å². The Morgan fingerprint density at radius 2 is 1.94 bits per heavy atom. The molecular weight excluding hydrogens is 222 g/mol. The molecule has 0 saturated heterocycles. The predicted octanol–water partition coefficient (Wildman–Crippen LogP) is 3.34. The summed E-state index contributed by atoms with van der Waals surface area (Å²) in [6, 6.07) is 13.9. The Bertz CT molecular complexity index is 611. The number of hydrogen-bond acceptors (Lipinski definition) is 3. The van der Waals surface area contributed by atoms with Gasteiger partial charge in [-0.2, -0.15) is 5.26 Å². The largest absolute Gasteiger partial charge is 0.329 e. The van der Waals surface area contributed by atoms with E-state index in [-0.39, 0.29) is 0 Å². The molecular formula is C15H15N3. The van der Waals surface area contributed by atoms with E-state index in [0.29, 0.717) is 5.56 Å². The van der Waals surface area contributed by atoms with Crippen LogP contribution < -0.4 is 4.90 Å². The van der Waals surface area contributed by atoms with Crippen LogP contribution in [0.1, 0.15) is 16.8 Å². The first-order valence-electron chi connectivity index (χ1n) is 5.79. The highest BCUT2D eigenvalue weighted by Crippen LogP contribution is 2.23. The summed E-state index contributed by atoms with van der Waals surface area (Å²) in [5.74, 6) is 0.789. The lowest BCUT2D eigenvalue weighted by atomic mass is 10.2. The standard InChI is InChI=1S/C15H15N3/c1-11-5-4-6-14(7-11)18(3)15-9-13(10-16)8-12(2)17-15/h4-9H,1-3H3. The van der Waals surface area contributed by atoms with Gasteiger partial charge < -0.3 is 4.90 Å². The van der Waals surface area contributed by atoms with E-state index in [1.54, 1.807) is 12.1 Å². The van der Waals surface area contributed by atoms with Crippen LogP contribution in [0.25, 0.3) is 0 Å². The maximum Gasteiger partial charge on any atom is 0.134 e. The number of anilines is 2. The van der Waals surface area contributed by atoms with Crippen LogP contribution in [-0.2, 0) is 0 Å². The third-order valence-electron chi connectivity index (χ3n) is 2.80. The first-order valence-corrected chi connectivity index (χ1v) is 5.79. The van der Waals surface area contributed by atoms with Gasteiger partial charge in [0.15, 0.2) is 0 Å². The number of hydrogen-bond donors (Lipinski definition) is 0. The summed E-state index contributed by atoms with van der Waals surface area (Å²) >= 11 is 0. The molecule has 2 aromatic rings. The molecule has 90 valence electrons. The van der Waals surface area contributed by atoms with Crippen LogP contribution in [0, 0.1) is 25.2 Å². The van der Waals surface area contributed by atoms with Gasteiger partial charge >= 0.3 is 0 Å². The molecule has 0 bridgehead atoms. The van der Waals surface area contributed by atoms with Crippen molar-refractivity contribution in [3.05, 3.63) is 53.2 Å². The van der Waals surface area contributed by atoms with Gasteiger partial charge in [0.1, 0.15) is 5.82 Å². The second-order valence-corrected chi connectivity index (χ2v) is 4.37. The Morgan fingerprint density at radius 3 is 2.61 bits per heavy atom. The number of pyridine rings is 1. The molecule has 0 aliphatic carbocycles. The highest BCUT2D eigenvalue weighted by Gasteiger charge is 2.07. The van der Waals surface area contributed by atoms with E-state index in [1.807, 2.05) is 31.0 Å². The van der Waals surface area contributed by atoms with Crippen LogP contribution in [0.4, 0.5) is 11.5 Å². The van der Waals surface area contributed by atoms with Crippen molar-refractivity contribution in [2.24, 2.45) is 0 Å². The van der Waals surface area contributed by atoms with Crippen LogP contribution >= 0.6 is 0 Å². The Kier molecular flexibility index (Phi) is 3.29. The molecule has 3 heteroatoms. The fraction of sp³-hybridized carbons (Fsp3) is 0.200. The Morgan fingerprint density at radius 1 is 1.17 bits per heavy atom. The van der Waals surface area contributed by atoms with Crippen molar-refractivity contribution in [1.82, 2.24) is 4.98 Å². The zero-order valence-electron chi connectivity index (χ0n) is 10.8. The molecule has 0 fully saturated rings. The molecule has 0 N–H and O–H groups in total. The Balaban J connectivity index is 2.43. The first kappa shape index (κ1) is 12.1. The Labute approximate surface area is 107 Å². The third-order valence-corrected chi connectivity index (χ3v) is 2.80. The van der Waals surface area contributed by atoms with E-state index in [0.717, 1.165) is 17.2 Å². The highest BCUT2D eigenvalue weighted by molar-refractivity contribution is 5.61. The van der Waals surface area contributed by atoms with Crippen molar-refractivity contribution < 1.29 is 0 Å². The molecule has 0 saturated carbocycles. The van der Waals surface area contributed by atoms with Crippen LogP contribution in [0.3, 0.4) is 0 Å². The molecule has 0 aliphatic heterocycles. The van der Waals surface area contributed by atoms with E-state index in [1.165, 1.54) is 5.56 Å². The van der Waals surface area contributed by atoms with Crippen LogP contribution in [0.5, 0.6) is 0 Å². The van der Waals surface area contributed by atoms with Gasteiger partial charge in [0.05, 0.1) is 11.6 Å². The van der Waals surface area contributed by atoms with Crippen molar-refractivity contribution in [2.75, 3.05) is 11.9 Å².